The third-order valence-electron chi connectivity index (χ3n) is 7.11. The Hall–Kier alpha value is -3.59. The van der Waals surface area contributed by atoms with Crippen molar-refractivity contribution in [3.05, 3.63) is 81.9 Å². The molecule has 2 N–H and O–H groups in total. The summed E-state index contributed by atoms with van der Waals surface area (Å²) in [5.74, 6) is -0.0726. The first-order valence-electron chi connectivity index (χ1n) is 12.7. The number of fused-ring (bicyclic) bond motifs is 2. The normalized spacial score (nSPS) is 14.2. The van der Waals surface area contributed by atoms with Gasteiger partial charge >= 0.3 is 6.03 Å². The van der Waals surface area contributed by atoms with E-state index in [0.717, 1.165) is 66.6 Å². The lowest BCUT2D eigenvalue weighted by molar-refractivity contribution is 0.0975. The number of sulfonamides is 1. The highest BCUT2D eigenvalue weighted by molar-refractivity contribution is 7.90. The molecule has 0 atom stereocenters. The SMILES string of the molecule is Cc1cnc(C(=O)CCCc2ccc(S(=O)(=O)NC(=O)Nc3c4c(cc5c3CCC5)CCC4)cc2)cn1. The molecular weight excluding hydrogens is 488 g/mol. The second-order valence-corrected chi connectivity index (χ2v) is 11.4. The quantitative estimate of drug-likeness (QED) is 0.425. The van der Waals surface area contributed by atoms with E-state index in [0.29, 0.717) is 25.0 Å². The first kappa shape index (κ1) is 25.1. The van der Waals surface area contributed by atoms with Crippen molar-refractivity contribution < 1.29 is 18.0 Å². The Bertz CT molecular complexity index is 1420. The number of Topliss-reactive ketones (excluding diaryl/α,β-unsaturated/α-hetero) is 1. The fourth-order valence-corrected chi connectivity index (χ4v) is 6.15. The van der Waals surface area contributed by atoms with Gasteiger partial charge in [-0.25, -0.2) is 22.9 Å². The van der Waals surface area contributed by atoms with Gasteiger partial charge in [0.1, 0.15) is 5.69 Å². The fraction of sp³-hybridized carbons (Fsp3) is 0.357. The maximum absolute atomic E-state index is 12.9. The number of urea groups is 1. The molecule has 0 spiro atoms. The molecule has 2 amide bonds. The summed E-state index contributed by atoms with van der Waals surface area (Å²) in [4.78, 5) is 33.2. The molecule has 0 radical (unpaired) electrons. The summed E-state index contributed by atoms with van der Waals surface area (Å²) in [6.45, 7) is 1.81. The minimum Gasteiger partial charge on any atom is -0.307 e. The van der Waals surface area contributed by atoms with Crippen LogP contribution in [0.2, 0.25) is 0 Å². The Morgan fingerprint density at radius 3 is 2.22 bits per heavy atom. The highest BCUT2D eigenvalue weighted by Crippen LogP contribution is 2.38. The van der Waals surface area contributed by atoms with Crippen LogP contribution < -0.4 is 10.0 Å². The van der Waals surface area contributed by atoms with Gasteiger partial charge < -0.3 is 5.32 Å². The van der Waals surface area contributed by atoms with Gasteiger partial charge in [0.25, 0.3) is 10.0 Å². The van der Waals surface area contributed by atoms with Crippen molar-refractivity contribution in [1.82, 2.24) is 14.7 Å². The van der Waals surface area contributed by atoms with Gasteiger partial charge in [0, 0.05) is 18.3 Å². The first-order chi connectivity index (χ1) is 17.8. The Kier molecular flexibility index (Phi) is 7.06. The molecule has 1 heterocycles. The van der Waals surface area contributed by atoms with Crippen LogP contribution in [-0.2, 0) is 42.1 Å². The average molecular weight is 519 g/mol. The zero-order valence-electron chi connectivity index (χ0n) is 20.8. The molecule has 1 aromatic heterocycles. The highest BCUT2D eigenvalue weighted by atomic mass is 32.2. The largest absolute Gasteiger partial charge is 0.333 e. The number of rotatable bonds is 8. The summed E-state index contributed by atoms with van der Waals surface area (Å²) in [5.41, 5.74) is 7.63. The van der Waals surface area contributed by atoms with Gasteiger partial charge in [-0.15, -0.1) is 0 Å². The predicted octanol–water partition coefficient (Wildman–Crippen LogP) is 4.48. The number of aromatic nitrogens is 2. The molecule has 5 rings (SSSR count). The summed E-state index contributed by atoms with van der Waals surface area (Å²) in [6, 6.07) is 7.90. The number of nitrogens with zero attached hydrogens (tertiary/aromatic N) is 2. The van der Waals surface area contributed by atoms with Crippen molar-refractivity contribution in [3.8, 4) is 0 Å². The molecule has 9 heteroatoms. The molecule has 0 saturated carbocycles. The zero-order valence-corrected chi connectivity index (χ0v) is 21.7. The molecular formula is C28H30N4O4S. The van der Waals surface area contributed by atoms with E-state index in [1.54, 1.807) is 18.3 Å². The standard InChI is InChI=1S/C28H30N4O4S/c1-18-16-30-25(17-29-18)26(33)10-2-5-19-11-13-22(14-12-19)37(35,36)32-28(34)31-27-23-8-3-6-20(23)15-21-7-4-9-24(21)27/h11-17H,2-10H2,1H3,(H2,31,32,34). The van der Waals surface area contributed by atoms with E-state index >= 15 is 0 Å². The molecule has 0 unspecified atom stereocenters. The summed E-state index contributed by atoms with van der Waals surface area (Å²) >= 11 is 0. The van der Waals surface area contributed by atoms with E-state index in [1.165, 1.54) is 29.5 Å². The maximum Gasteiger partial charge on any atom is 0.333 e. The van der Waals surface area contributed by atoms with Gasteiger partial charge in [-0.05, 0) is 98.2 Å². The van der Waals surface area contributed by atoms with E-state index in [-0.39, 0.29) is 10.7 Å². The van der Waals surface area contributed by atoms with Crippen molar-refractivity contribution in [2.45, 2.75) is 69.6 Å². The van der Waals surface area contributed by atoms with Crippen LogP contribution in [0.1, 0.15) is 69.7 Å². The molecule has 0 bridgehead atoms. The van der Waals surface area contributed by atoms with E-state index in [1.807, 2.05) is 6.92 Å². The van der Waals surface area contributed by atoms with E-state index < -0.39 is 16.1 Å². The number of anilines is 1. The summed E-state index contributed by atoms with van der Waals surface area (Å²) < 4.78 is 27.9. The maximum atomic E-state index is 12.9. The molecule has 8 nitrogen and oxygen atoms in total. The molecule has 0 aliphatic heterocycles. The molecule has 0 saturated heterocycles. The van der Waals surface area contributed by atoms with Crippen molar-refractivity contribution >= 4 is 27.5 Å². The monoisotopic (exact) mass is 518 g/mol. The first-order valence-corrected chi connectivity index (χ1v) is 14.2. The topological polar surface area (TPSA) is 118 Å². The van der Waals surface area contributed by atoms with Crippen molar-refractivity contribution in [2.75, 3.05) is 5.32 Å². The lowest BCUT2D eigenvalue weighted by Gasteiger charge is -2.16. The number of ketones is 1. The minimum absolute atomic E-state index is 0.0147. The lowest BCUT2D eigenvalue weighted by atomic mass is 9.99. The Balaban J connectivity index is 1.18. The van der Waals surface area contributed by atoms with Crippen LogP contribution in [0, 0.1) is 6.92 Å². The third kappa shape index (κ3) is 5.56. The van der Waals surface area contributed by atoms with Gasteiger partial charge in [-0.1, -0.05) is 18.2 Å². The van der Waals surface area contributed by atoms with Gasteiger partial charge in [0.15, 0.2) is 5.78 Å². The van der Waals surface area contributed by atoms with Crippen LogP contribution in [0.15, 0.2) is 47.6 Å². The van der Waals surface area contributed by atoms with Crippen LogP contribution in [0.3, 0.4) is 0 Å². The van der Waals surface area contributed by atoms with Crippen LogP contribution >= 0.6 is 0 Å². The highest BCUT2D eigenvalue weighted by Gasteiger charge is 2.26. The summed E-state index contributed by atoms with van der Waals surface area (Å²) in [6.07, 6.45) is 10.5. The zero-order chi connectivity index (χ0) is 26.0. The predicted molar refractivity (Wildman–Crippen MR) is 140 cm³/mol. The Morgan fingerprint density at radius 1 is 0.919 bits per heavy atom. The number of carbonyl (C=O) groups is 2. The molecule has 2 aromatic carbocycles. The Morgan fingerprint density at radius 2 is 1.59 bits per heavy atom. The van der Waals surface area contributed by atoms with E-state index in [4.69, 9.17) is 0 Å². The van der Waals surface area contributed by atoms with Gasteiger partial charge in [-0.2, -0.15) is 0 Å². The fourth-order valence-electron chi connectivity index (χ4n) is 5.24. The summed E-state index contributed by atoms with van der Waals surface area (Å²) in [5, 5.41) is 2.86. The Labute approximate surface area is 217 Å². The number of amides is 2. The van der Waals surface area contributed by atoms with E-state index in [2.05, 4.69) is 26.1 Å². The number of nitrogens with one attached hydrogen (secondary N) is 2. The number of hydrogen-bond acceptors (Lipinski definition) is 6. The average Bonchev–Trinajstić information content (AvgIpc) is 3.54. The smallest absolute Gasteiger partial charge is 0.307 e. The van der Waals surface area contributed by atoms with Crippen LogP contribution in [0.5, 0.6) is 0 Å². The van der Waals surface area contributed by atoms with Gasteiger partial charge in [0.2, 0.25) is 0 Å². The van der Waals surface area contributed by atoms with Crippen molar-refractivity contribution in [3.63, 3.8) is 0 Å². The van der Waals surface area contributed by atoms with Crippen molar-refractivity contribution in [2.24, 2.45) is 0 Å². The third-order valence-corrected chi connectivity index (χ3v) is 8.46. The molecule has 0 fully saturated rings. The van der Waals surface area contributed by atoms with Crippen molar-refractivity contribution in [1.29, 1.82) is 0 Å². The number of benzene rings is 2. The number of hydrogen-bond donors (Lipinski definition) is 2. The number of aryl methyl sites for hydroxylation is 4. The molecule has 3 aromatic rings. The van der Waals surface area contributed by atoms with Crippen LogP contribution in [-0.4, -0.2) is 30.2 Å². The second-order valence-electron chi connectivity index (χ2n) is 9.76. The number of carbonyl (C=O) groups excluding carboxylic acids is 2. The lowest BCUT2D eigenvalue weighted by Crippen LogP contribution is -2.35. The second kappa shape index (κ2) is 10.4. The van der Waals surface area contributed by atoms with E-state index in [9.17, 15) is 18.0 Å². The minimum atomic E-state index is -4.03. The molecule has 192 valence electrons. The molecule has 37 heavy (non-hydrogen) atoms. The summed E-state index contributed by atoms with van der Waals surface area (Å²) in [7, 11) is -4.03. The van der Waals surface area contributed by atoms with Gasteiger partial charge in [0.05, 0.1) is 16.8 Å². The van der Waals surface area contributed by atoms with Crippen LogP contribution in [0.4, 0.5) is 10.5 Å². The van der Waals surface area contributed by atoms with Crippen LogP contribution in [0.25, 0.3) is 0 Å². The molecule has 2 aliphatic rings. The molecule has 2 aliphatic carbocycles. The van der Waals surface area contributed by atoms with Gasteiger partial charge in [-0.3, -0.25) is 9.78 Å².